The highest BCUT2D eigenvalue weighted by atomic mass is 16.5. The molecule has 4 aromatic rings. The molecular weight excluding hydrogens is 384 g/mol. The van der Waals surface area contributed by atoms with Crippen molar-refractivity contribution in [1.82, 2.24) is 20.6 Å². The molecule has 0 atom stereocenters. The van der Waals surface area contributed by atoms with E-state index < -0.39 is 11.8 Å². The number of nitrogens with one attached hydrogen (secondary N) is 2. The molecule has 0 bridgehead atoms. The van der Waals surface area contributed by atoms with Gasteiger partial charge in [-0.25, -0.2) is 4.68 Å². The highest BCUT2D eigenvalue weighted by molar-refractivity contribution is 6.00. The molecule has 2 aromatic carbocycles. The third kappa shape index (κ3) is 4.39. The zero-order valence-electron chi connectivity index (χ0n) is 15.8. The number of benzene rings is 2. The molecule has 0 radical (unpaired) electrons. The van der Waals surface area contributed by atoms with Gasteiger partial charge in [-0.05, 0) is 42.5 Å². The van der Waals surface area contributed by atoms with E-state index in [0.717, 1.165) is 0 Å². The van der Waals surface area contributed by atoms with E-state index in [0.29, 0.717) is 22.8 Å². The lowest BCUT2D eigenvalue weighted by Gasteiger charge is -2.10. The number of aromatic nitrogens is 2. The van der Waals surface area contributed by atoms with Crippen molar-refractivity contribution in [1.29, 1.82) is 0 Å². The summed E-state index contributed by atoms with van der Waals surface area (Å²) < 4.78 is 12.6. The van der Waals surface area contributed by atoms with Crippen molar-refractivity contribution in [2.24, 2.45) is 0 Å². The fraction of sp³-hybridized carbons (Fsp3) is 0.0455. The number of rotatable bonds is 6. The van der Waals surface area contributed by atoms with Gasteiger partial charge in [0, 0.05) is 12.4 Å². The standard InChI is InChI=1S/C22H18N4O4/c27-21(18-9-4-5-10-19(18)26-14-6-13-23-26)24-25-22(28)20-12-11-17(30-20)15-29-16-7-2-1-3-8-16/h1-14H,15H2,(H,24,27)(H,25,28). The first-order valence-corrected chi connectivity index (χ1v) is 9.17. The van der Waals surface area contributed by atoms with Gasteiger partial charge in [0.25, 0.3) is 5.91 Å². The van der Waals surface area contributed by atoms with E-state index in [9.17, 15) is 9.59 Å². The minimum Gasteiger partial charge on any atom is -0.486 e. The molecule has 2 aromatic heterocycles. The molecule has 2 N–H and O–H groups in total. The Bertz CT molecular complexity index is 1140. The van der Waals surface area contributed by atoms with Crippen molar-refractivity contribution < 1.29 is 18.7 Å². The highest BCUT2D eigenvalue weighted by Gasteiger charge is 2.16. The average Bonchev–Trinajstić information content (AvgIpc) is 3.49. The van der Waals surface area contributed by atoms with E-state index in [4.69, 9.17) is 9.15 Å². The maximum Gasteiger partial charge on any atom is 0.305 e. The highest BCUT2D eigenvalue weighted by Crippen LogP contribution is 2.15. The Kier molecular flexibility index (Phi) is 5.56. The Morgan fingerprint density at radius 2 is 1.67 bits per heavy atom. The zero-order chi connectivity index (χ0) is 20.8. The number of ether oxygens (including phenoxy) is 1. The molecule has 8 heteroatoms. The molecule has 0 fully saturated rings. The van der Waals surface area contributed by atoms with Gasteiger partial charge in [0.05, 0.1) is 11.3 Å². The van der Waals surface area contributed by atoms with Crippen molar-refractivity contribution in [2.45, 2.75) is 6.61 Å². The van der Waals surface area contributed by atoms with Crippen molar-refractivity contribution in [2.75, 3.05) is 0 Å². The lowest BCUT2D eigenvalue weighted by Crippen LogP contribution is -2.41. The minimum atomic E-state index is -0.578. The number of hydrogen-bond acceptors (Lipinski definition) is 5. The van der Waals surface area contributed by atoms with Crippen LogP contribution in [0.25, 0.3) is 5.69 Å². The molecule has 4 rings (SSSR count). The Morgan fingerprint density at radius 3 is 2.47 bits per heavy atom. The molecule has 0 aliphatic rings. The molecule has 0 unspecified atom stereocenters. The summed E-state index contributed by atoms with van der Waals surface area (Å²) in [6, 6.07) is 21.1. The first kappa shape index (κ1) is 19.0. The lowest BCUT2D eigenvalue weighted by molar-refractivity contribution is 0.0828. The summed E-state index contributed by atoms with van der Waals surface area (Å²) in [5.41, 5.74) is 5.70. The summed E-state index contributed by atoms with van der Waals surface area (Å²) >= 11 is 0. The molecular formula is C22H18N4O4. The van der Waals surface area contributed by atoms with Crippen LogP contribution in [0, 0.1) is 0 Å². The second-order valence-corrected chi connectivity index (χ2v) is 6.24. The normalized spacial score (nSPS) is 10.4. The third-order valence-corrected chi connectivity index (χ3v) is 4.20. The van der Waals surface area contributed by atoms with Crippen LogP contribution >= 0.6 is 0 Å². The van der Waals surface area contributed by atoms with Gasteiger partial charge < -0.3 is 9.15 Å². The van der Waals surface area contributed by atoms with Gasteiger partial charge in [-0.3, -0.25) is 20.4 Å². The second-order valence-electron chi connectivity index (χ2n) is 6.24. The van der Waals surface area contributed by atoms with Gasteiger partial charge in [0.2, 0.25) is 0 Å². The monoisotopic (exact) mass is 402 g/mol. The SMILES string of the molecule is O=C(NNC(=O)c1ccccc1-n1cccn1)c1ccc(COc2ccccc2)o1. The Labute approximate surface area is 172 Å². The van der Waals surface area contributed by atoms with Gasteiger partial charge >= 0.3 is 5.91 Å². The van der Waals surface area contributed by atoms with Crippen molar-refractivity contribution in [3.05, 3.63) is 102 Å². The fourth-order valence-corrected chi connectivity index (χ4v) is 2.77. The van der Waals surface area contributed by atoms with Gasteiger partial charge in [0.15, 0.2) is 5.76 Å². The molecule has 0 aliphatic heterocycles. The quantitative estimate of drug-likeness (QED) is 0.483. The van der Waals surface area contributed by atoms with Crippen LogP contribution in [0.2, 0.25) is 0 Å². The lowest BCUT2D eigenvalue weighted by atomic mass is 10.1. The largest absolute Gasteiger partial charge is 0.486 e. The van der Waals surface area contributed by atoms with Crippen LogP contribution in [-0.4, -0.2) is 21.6 Å². The average molecular weight is 402 g/mol. The molecule has 0 saturated heterocycles. The Hall–Kier alpha value is -4.33. The summed E-state index contributed by atoms with van der Waals surface area (Å²) in [5.74, 6) is 0.184. The Balaban J connectivity index is 1.35. The summed E-state index contributed by atoms with van der Waals surface area (Å²) in [6.45, 7) is 0.181. The van der Waals surface area contributed by atoms with Crippen LogP contribution in [0.15, 0.2) is 89.6 Å². The fourth-order valence-electron chi connectivity index (χ4n) is 2.77. The van der Waals surface area contributed by atoms with Crippen LogP contribution in [0.4, 0.5) is 0 Å². The first-order chi connectivity index (χ1) is 14.7. The van der Waals surface area contributed by atoms with E-state index in [2.05, 4.69) is 16.0 Å². The van der Waals surface area contributed by atoms with Gasteiger partial charge in [-0.2, -0.15) is 5.10 Å². The molecule has 0 aliphatic carbocycles. The van der Waals surface area contributed by atoms with Crippen molar-refractivity contribution in [3.8, 4) is 11.4 Å². The predicted molar refractivity (Wildman–Crippen MR) is 108 cm³/mol. The zero-order valence-corrected chi connectivity index (χ0v) is 15.8. The summed E-state index contributed by atoms with van der Waals surface area (Å²) in [6.07, 6.45) is 3.35. The van der Waals surface area contributed by atoms with Crippen molar-refractivity contribution in [3.63, 3.8) is 0 Å². The topological polar surface area (TPSA) is 98.4 Å². The number of furan rings is 1. The predicted octanol–water partition coefficient (Wildman–Crippen LogP) is 3.12. The smallest absolute Gasteiger partial charge is 0.305 e. The van der Waals surface area contributed by atoms with Gasteiger partial charge in [0.1, 0.15) is 18.1 Å². The van der Waals surface area contributed by atoms with Crippen LogP contribution in [0.1, 0.15) is 26.7 Å². The van der Waals surface area contributed by atoms with Crippen molar-refractivity contribution >= 4 is 11.8 Å². The maximum absolute atomic E-state index is 12.5. The van der Waals surface area contributed by atoms with E-state index in [1.807, 2.05) is 30.3 Å². The molecule has 0 spiro atoms. The van der Waals surface area contributed by atoms with Crippen LogP contribution in [-0.2, 0) is 6.61 Å². The van der Waals surface area contributed by atoms with Crippen LogP contribution < -0.4 is 15.6 Å². The van der Waals surface area contributed by atoms with Gasteiger partial charge in [-0.1, -0.05) is 30.3 Å². The number of amides is 2. The maximum atomic E-state index is 12.5. The van der Waals surface area contributed by atoms with E-state index in [-0.39, 0.29) is 12.4 Å². The van der Waals surface area contributed by atoms with E-state index in [1.165, 1.54) is 6.07 Å². The van der Waals surface area contributed by atoms with E-state index >= 15 is 0 Å². The summed E-state index contributed by atoms with van der Waals surface area (Å²) in [7, 11) is 0. The molecule has 8 nitrogen and oxygen atoms in total. The van der Waals surface area contributed by atoms with E-state index in [1.54, 1.807) is 53.5 Å². The Morgan fingerprint density at radius 1 is 0.900 bits per heavy atom. The number of para-hydroxylation sites is 2. The molecule has 150 valence electrons. The van der Waals surface area contributed by atoms with Crippen LogP contribution in [0.5, 0.6) is 5.75 Å². The molecule has 2 heterocycles. The molecule has 2 amide bonds. The second kappa shape index (κ2) is 8.78. The first-order valence-electron chi connectivity index (χ1n) is 9.17. The summed E-state index contributed by atoms with van der Waals surface area (Å²) in [5, 5.41) is 4.14. The molecule has 30 heavy (non-hydrogen) atoms. The minimum absolute atomic E-state index is 0.0577. The number of hydrogen-bond donors (Lipinski definition) is 2. The number of carbonyl (C=O) groups is 2. The number of nitrogens with zero attached hydrogens (tertiary/aromatic N) is 2. The van der Waals surface area contributed by atoms with Gasteiger partial charge in [-0.15, -0.1) is 0 Å². The van der Waals surface area contributed by atoms with Crippen LogP contribution in [0.3, 0.4) is 0 Å². The number of carbonyl (C=O) groups excluding carboxylic acids is 2. The summed E-state index contributed by atoms with van der Waals surface area (Å²) in [4.78, 5) is 24.8. The number of hydrazine groups is 1. The molecule has 0 saturated carbocycles. The third-order valence-electron chi connectivity index (χ3n) is 4.20.